The van der Waals surface area contributed by atoms with Crippen molar-refractivity contribution in [1.82, 2.24) is 4.90 Å². The number of nitro groups is 1. The number of benzene rings is 1. The largest absolute Gasteiger partial charge is 0.493 e. The maximum atomic E-state index is 13.4. The number of methoxy groups -OCH3 is 3. The Kier molecular flexibility index (Phi) is 8.44. The second kappa shape index (κ2) is 10.1. The Labute approximate surface area is 176 Å². The SMILES string of the molecule is CC[C@H](C)N(CC(=O)OC(C)(C)C)C(=O)c1cc(OC)c(OC)c(OC)c1[N+](=O)[O-]. The van der Waals surface area contributed by atoms with Gasteiger partial charge in [-0.2, -0.15) is 0 Å². The predicted octanol–water partition coefficient (Wildman–Crippen LogP) is 3.20. The van der Waals surface area contributed by atoms with Crippen LogP contribution in [0.3, 0.4) is 0 Å². The van der Waals surface area contributed by atoms with Crippen LogP contribution in [0.15, 0.2) is 6.07 Å². The third-order valence-electron chi connectivity index (χ3n) is 4.32. The van der Waals surface area contributed by atoms with Gasteiger partial charge >= 0.3 is 11.7 Å². The molecule has 0 N–H and O–H groups in total. The van der Waals surface area contributed by atoms with Crippen molar-refractivity contribution in [1.29, 1.82) is 0 Å². The van der Waals surface area contributed by atoms with Crippen LogP contribution in [-0.2, 0) is 9.53 Å². The number of ether oxygens (including phenoxy) is 4. The van der Waals surface area contributed by atoms with E-state index in [2.05, 4.69) is 0 Å². The van der Waals surface area contributed by atoms with E-state index in [1.165, 1.54) is 32.3 Å². The van der Waals surface area contributed by atoms with Crippen molar-refractivity contribution in [3.05, 3.63) is 21.7 Å². The third-order valence-corrected chi connectivity index (χ3v) is 4.32. The second-order valence-electron chi connectivity index (χ2n) is 7.58. The lowest BCUT2D eigenvalue weighted by Crippen LogP contribution is -2.43. The number of hydrogen-bond donors (Lipinski definition) is 0. The molecule has 168 valence electrons. The molecule has 0 fully saturated rings. The van der Waals surface area contributed by atoms with E-state index >= 15 is 0 Å². The second-order valence-corrected chi connectivity index (χ2v) is 7.58. The molecule has 0 unspecified atom stereocenters. The Balaban J connectivity index is 3.58. The van der Waals surface area contributed by atoms with Crippen LogP contribution in [0.1, 0.15) is 51.4 Å². The van der Waals surface area contributed by atoms with Crippen molar-refractivity contribution in [2.24, 2.45) is 0 Å². The number of amides is 1. The highest BCUT2D eigenvalue weighted by Gasteiger charge is 2.36. The van der Waals surface area contributed by atoms with Gasteiger partial charge in [0.15, 0.2) is 5.75 Å². The smallest absolute Gasteiger partial charge is 0.327 e. The van der Waals surface area contributed by atoms with Gasteiger partial charge in [0.25, 0.3) is 5.91 Å². The van der Waals surface area contributed by atoms with Gasteiger partial charge in [0.05, 0.1) is 26.3 Å². The van der Waals surface area contributed by atoms with Gasteiger partial charge in [0, 0.05) is 12.1 Å². The molecular formula is C20H30N2O8. The average Bonchev–Trinajstić information content (AvgIpc) is 2.67. The molecule has 1 amide bonds. The molecule has 1 aromatic carbocycles. The number of nitro benzene ring substituents is 1. The molecule has 1 aromatic rings. The van der Waals surface area contributed by atoms with E-state index in [9.17, 15) is 19.7 Å². The summed E-state index contributed by atoms with van der Waals surface area (Å²) < 4.78 is 20.9. The standard InChI is InChI=1S/C20H30N2O8/c1-9-12(2)21(11-15(23)30-20(3,4)5)19(24)13-10-14(27-6)17(28-7)18(29-8)16(13)22(25)26/h10,12H,9,11H2,1-8H3/t12-/m0/s1. The highest BCUT2D eigenvalue weighted by Crippen LogP contribution is 2.46. The fraction of sp³-hybridized carbons (Fsp3) is 0.600. The van der Waals surface area contributed by atoms with Crippen LogP contribution in [0, 0.1) is 10.1 Å². The van der Waals surface area contributed by atoms with E-state index < -0.39 is 28.1 Å². The fourth-order valence-electron chi connectivity index (χ4n) is 2.80. The Morgan fingerprint density at radius 2 is 1.70 bits per heavy atom. The van der Waals surface area contributed by atoms with Gasteiger partial charge in [-0.25, -0.2) is 0 Å². The zero-order valence-electron chi connectivity index (χ0n) is 18.7. The molecule has 0 radical (unpaired) electrons. The van der Waals surface area contributed by atoms with Crippen LogP contribution < -0.4 is 14.2 Å². The summed E-state index contributed by atoms with van der Waals surface area (Å²) in [5, 5.41) is 11.8. The highest BCUT2D eigenvalue weighted by molar-refractivity contribution is 6.02. The number of carbonyl (C=O) groups excluding carboxylic acids is 2. The Bertz CT molecular complexity index is 801. The van der Waals surface area contributed by atoms with E-state index in [0.29, 0.717) is 6.42 Å². The summed E-state index contributed by atoms with van der Waals surface area (Å²) in [7, 11) is 3.87. The molecule has 0 saturated heterocycles. The average molecular weight is 426 g/mol. The molecule has 0 aliphatic carbocycles. The number of carbonyl (C=O) groups is 2. The van der Waals surface area contributed by atoms with E-state index in [1.54, 1.807) is 27.7 Å². The molecule has 1 atom stereocenters. The minimum atomic E-state index is -0.736. The molecular weight excluding hydrogens is 396 g/mol. The first-order chi connectivity index (χ1) is 13.9. The van der Waals surface area contributed by atoms with Crippen molar-refractivity contribution in [2.45, 2.75) is 52.7 Å². The summed E-state index contributed by atoms with van der Waals surface area (Å²) in [6.07, 6.45) is 0.521. The summed E-state index contributed by atoms with van der Waals surface area (Å²) >= 11 is 0. The molecule has 0 saturated carbocycles. The molecule has 0 spiro atoms. The number of nitrogens with zero attached hydrogens (tertiary/aromatic N) is 2. The predicted molar refractivity (Wildman–Crippen MR) is 109 cm³/mol. The summed E-state index contributed by atoms with van der Waals surface area (Å²) in [5.74, 6) is -1.51. The summed E-state index contributed by atoms with van der Waals surface area (Å²) in [6, 6.07) is 0.829. The lowest BCUT2D eigenvalue weighted by molar-refractivity contribution is -0.386. The summed E-state index contributed by atoms with van der Waals surface area (Å²) in [6.45, 7) is 8.35. The van der Waals surface area contributed by atoms with Gasteiger partial charge in [-0.15, -0.1) is 0 Å². The Morgan fingerprint density at radius 1 is 1.13 bits per heavy atom. The first kappa shape index (κ1) is 25.0. The quantitative estimate of drug-likeness (QED) is 0.336. The van der Waals surface area contributed by atoms with Crippen LogP contribution in [0.2, 0.25) is 0 Å². The lowest BCUT2D eigenvalue weighted by atomic mass is 10.1. The van der Waals surface area contributed by atoms with Crippen LogP contribution in [0.25, 0.3) is 0 Å². The monoisotopic (exact) mass is 426 g/mol. The lowest BCUT2D eigenvalue weighted by Gasteiger charge is -2.29. The highest BCUT2D eigenvalue weighted by atomic mass is 16.6. The minimum Gasteiger partial charge on any atom is -0.493 e. The van der Waals surface area contributed by atoms with E-state index in [4.69, 9.17) is 18.9 Å². The van der Waals surface area contributed by atoms with Crippen LogP contribution in [0.4, 0.5) is 5.69 Å². The molecule has 10 nitrogen and oxygen atoms in total. The zero-order valence-corrected chi connectivity index (χ0v) is 18.7. The molecule has 1 rings (SSSR count). The normalized spacial score (nSPS) is 12.0. The molecule has 10 heteroatoms. The first-order valence-electron chi connectivity index (χ1n) is 9.41. The third kappa shape index (κ3) is 5.74. The summed E-state index contributed by atoms with van der Waals surface area (Å²) in [4.78, 5) is 38.1. The Morgan fingerprint density at radius 3 is 2.10 bits per heavy atom. The van der Waals surface area contributed by atoms with Crippen molar-refractivity contribution in [3.63, 3.8) is 0 Å². The molecule has 0 bridgehead atoms. The van der Waals surface area contributed by atoms with Gasteiger partial charge in [-0.3, -0.25) is 19.7 Å². The van der Waals surface area contributed by atoms with Crippen LogP contribution >= 0.6 is 0 Å². The molecule has 30 heavy (non-hydrogen) atoms. The Hall–Kier alpha value is -3.04. The number of hydrogen-bond acceptors (Lipinski definition) is 8. The van der Waals surface area contributed by atoms with E-state index in [0.717, 1.165) is 0 Å². The van der Waals surface area contributed by atoms with Gasteiger partial charge < -0.3 is 23.8 Å². The first-order valence-corrected chi connectivity index (χ1v) is 9.41. The van der Waals surface area contributed by atoms with Gasteiger partial charge in [-0.1, -0.05) is 6.92 Å². The molecule has 0 heterocycles. The molecule has 0 aliphatic heterocycles. The van der Waals surface area contributed by atoms with Crippen molar-refractivity contribution >= 4 is 17.6 Å². The van der Waals surface area contributed by atoms with Crippen molar-refractivity contribution in [3.8, 4) is 17.2 Å². The minimum absolute atomic E-state index is 0.00881. The maximum Gasteiger partial charge on any atom is 0.327 e. The molecule has 0 aromatic heterocycles. The summed E-state index contributed by atoms with van der Waals surface area (Å²) in [5.41, 5.74) is -1.59. The number of esters is 1. The maximum absolute atomic E-state index is 13.4. The fourth-order valence-corrected chi connectivity index (χ4v) is 2.80. The topological polar surface area (TPSA) is 117 Å². The van der Waals surface area contributed by atoms with E-state index in [-0.39, 0.29) is 35.4 Å². The van der Waals surface area contributed by atoms with Gasteiger partial charge in [-0.05, 0) is 34.1 Å². The molecule has 0 aliphatic rings. The van der Waals surface area contributed by atoms with Crippen molar-refractivity contribution in [2.75, 3.05) is 27.9 Å². The zero-order chi connectivity index (χ0) is 23.2. The van der Waals surface area contributed by atoms with Gasteiger partial charge in [0.2, 0.25) is 11.5 Å². The van der Waals surface area contributed by atoms with Crippen LogP contribution in [-0.4, -0.2) is 61.2 Å². The van der Waals surface area contributed by atoms with Crippen LogP contribution in [0.5, 0.6) is 17.2 Å². The number of rotatable bonds is 9. The van der Waals surface area contributed by atoms with E-state index in [1.807, 2.05) is 6.92 Å². The van der Waals surface area contributed by atoms with Crippen molar-refractivity contribution < 1.29 is 33.5 Å². The van der Waals surface area contributed by atoms with Gasteiger partial charge in [0.1, 0.15) is 17.7 Å².